The largest absolute Gasteiger partial charge is 0.351 e. The Morgan fingerprint density at radius 1 is 1.06 bits per heavy atom. The highest BCUT2D eigenvalue weighted by Crippen LogP contribution is 2.23. The monoisotopic (exact) mass is 441 g/mol. The average Bonchev–Trinajstić information content (AvgIpc) is 2.81. The van der Waals surface area contributed by atoms with Gasteiger partial charge in [0.05, 0.1) is 5.56 Å². The van der Waals surface area contributed by atoms with E-state index in [4.69, 9.17) is 0 Å². The molecule has 2 aromatic carbocycles. The summed E-state index contributed by atoms with van der Waals surface area (Å²) in [5.41, 5.74) is 0.246. The van der Waals surface area contributed by atoms with E-state index in [1.807, 2.05) is 0 Å². The van der Waals surface area contributed by atoms with Crippen LogP contribution in [0.25, 0.3) is 0 Å². The Kier molecular flexibility index (Phi) is 7.70. The van der Waals surface area contributed by atoms with Crippen LogP contribution in [0, 0.1) is 17.6 Å². The van der Waals surface area contributed by atoms with Crippen LogP contribution in [-0.4, -0.2) is 48.3 Å². The van der Waals surface area contributed by atoms with Gasteiger partial charge in [0.25, 0.3) is 11.8 Å². The Morgan fingerprint density at radius 3 is 2.34 bits per heavy atom. The van der Waals surface area contributed by atoms with Crippen molar-refractivity contribution >= 4 is 17.7 Å². The standard InChI is InChI=1S/C24H25F2N3O3/c1-2-13-27-23(31)21(28-22(30)17-7-9-18(25)10-8-17)16-11-14-29(15-12-16)24(32)19-5-3-4-6-20(19)26/h2-10,16,21H,1,11-15H2,(H,27,31)(H,28,30)/t21-/m0/s1. The molecule has 168 valence electrons. The van der Waals surface area contributed by atoms with Crippen LogP contribution >= 0.6 is 0 Å². The molecule has 1 aliphatic rings. The van der Waals surface area contributed by atoms with Gasteiger partial charge in [0.1, 0.15) is 17.7 Å². The van der Waals surface area contributed by atoms with Gasteiger partial charge in [-0.1, -0.05) is 18.2 Å². The van der Waals surface area contributed by atoms with Crippen LogP contribution in [-0.2, 0) is 4.79 Å². The van der Waals surface area contributed by atoms with Crippen molar-refractivity contribution in [2.75, 3.05) is 19.6 Å². The van der Waals surface area contributed by atoms with Gasteiger partial charge < -0.3 is 15.5 Å². The minimum absolute atomic E-state index is 0.0100. The van der Waals surface area contributed by atoms with Gasteiger partial charge >= 0.3 is 0 Å². The van der Waals surface area contributed by atoms with E-state index in [-0.39, 0.29) is 29.5 Å². The van der Waals surface area contributed by atoms with Crippen LogP contribution in [0.5, 0.6) is 0 Å². The molecule has 32 heavy (non-hydrogen) atoms. The fourth-order valence-electron chi connectivity index (χ4n) is 3.75. The van der Waals surface area contributed by atoms with Crippen molar-refractivity contribution in [1.82, 2.24) is 15.5 Å². The highest BCUT2D eigenvalue weighted by molar-refractivity contribution is 5.97. The molecule has 2 N–H and O–H groups in total. The van der Waals surface area contributed by atoms with Crippen molar-refractivity contribution in [3.8, 4) is 0 Å². The van der Waals surface area contributed by atoms with Gasteiger partial charge in [-0.2, -0.15) is 0 Å². The summed E-state index contributed by atoms with van der Waals surface area (Å²) < 4.78 is 27.1. The van der Waals surface area contributed by atoms with E-state index < -0.39 is 29.5 Å². The number of halogens is 2. The summed E-state index contributed by atoms with van der Waals surface area (Å²) in [6.07, 6.45) is 2.44. The predicted octanol–water partition coefficient (Wildman–Crippen LogP) is 2.92. The first-order valence-corrected chi connectivity index (χ1v) is 10.4. The molecule has 0 aromatic heterocycles. The summed E-state index contributed by atoms with van der Waals surface area (Å²) in [6.45, 7) is 4.47. The molecule has 0 radical (unpaired) electrons. The molecule has 0 saturated carbocycles. The summed E-state index contributed by atoms with van der Waals surface area (Å²) in [5.74, 6) is -2.52. The molecule has 1 saturated heterocycles. The number of carbonyl (C=O) groups is 3. The zero-order valence-corrected chi connectivity index (χ0v) is 17.5. The molecule has 1 aliphatic heterocycles. The van der Waals surface area contributed by atoms with Crippen LogP contribution in [0.4, 0.5) is 8.78 Å². The van der Waals surface area contributed by atoms with Crippen LogP contribution in [0.1, 0.15) is 33.6 Å². The van der Waals surface area contributed by atoms with Gasteiger partial charge in [-0.15, -0.1) is 6.58 Å². The summed E-state index contributed by atoms with van der Waals surface area (Å²) in [6, 6.07) is 10.0. The number of hydrogen-bond donors (Lipinski definition) is 2. The first-order chi connectivity index (χ1) is 15.4. The normalized spacial score (nSPS) is 15.0. The van der Waals surface area contributed by atoms with E-state index in [0.717, 1.165) is 0 Å². The Bertz CT molecular complexity index is 986. The van der Waals surface area contributed by atoms with Crippen LogP contribution < -0.4 is 10.6 Å². The second-order valence-electron chi connectivity index (χ2n) is 7.60. The number of amides is 3. The molecular weight excluding hydrogens is 416 g/mol. The Balaban J connectivity index is 1.69. The molecule has 0 aliphatic carbocycles. The maximum Gasteiger partial charge on any atom is 0.256 e. The highest BCUT2D eigenvalue weighted by Gasteiger charge is 2.34. The Hall–Kier alpha value is -3.55. The molecule has 1 heterocycles. The van der Waals surface area contributed by atoms with Crippen molar-refractivity contribution in [2.24, 2.45) is 5.92 Å². The summed E-state index contributed by atoms with van der Waals surface area (Å²) in [4.78, 5) is 39.6. The number of rotatable bonds is 7. The van der Waals surface area contributed by atoms with Crippen molar-refractivity contribution < 1.29 is 23.2 Å². The van der Waals surface area contributed by atoms with Gasteiger partial charge in [-0.3, -0.25) is 14.4 Å². The third-order valence-electron chi connectivity index (χ3n) is 5.50. The topological polar surface area (TPSA) is 78.5 Å². The van der Waals surface area contributed by atoms with Crippen molar-refractivity contribution in [2.45, 2.75) is 18.9 Å². The zero-order valence-electron chi connectivity index (χ0n) is 17.5. The van der Waals surface area contributed by atoms with Crippen molar-refractivity contribution in [3.63, 3.8) is 0 Å². The second kappa shape index (κ2) is 10.7. The number of benzene rings is 2. The van der Waals surface area contributed by atoms with E-state index in [2.05, 4.69) is 17.2 Å². The van der Waals surface area contributed by atoms with E-state index in [0.29, 0.717) is 25.9 Å². The number of hydrogen-bond acceptors (Lipinski definition) is 3. The van der Waals surface area contributed by atoms with Gasteiger partial charge in [0.15, 0.2) is 0 Å². The maximum absolute atomic E-state index is 14.0. The van der Waals surface area contributed by atoms with Gasteiger partial charge in [0.2, 0.25) is 5.91 Å². The first kappa shape index (κ1) is 23.1. The Morgan fingerprint density at radius 2 is 1.72 bits per heavy atom. The quantitative estimate of drug-likeness (QED) is 0.649. The first-order valence-electron chi connectivity index (χ1n) is 10.4. The fourth-order valence-corrected chi connectivity index (χ4v) is 3.75. The highest BCUT2D eigenvalue weighted by atomic mass is 19.1. The molecule has 1 fully saturated rings. The minimum Gasteiger partial charge on any atom is -0.351 e. The van der Waals surface area contributed by atoms with E-state index in [9.17, 15) is 23.2 Å². The smallest absolute Gasteiger partial charge is 0.256 e. The van der Waals surface area contributed by atoms with Crippen LogP contribution in [0.15, 0.2) is 61.2 Å². The fraction of sp³-hybridized carbons (Fsp3) is 0.292. The molecule has 3 rings (SSSR count). The lowest BCUT2D eigenvalue weighted by Gasteiger charge is -2.35. The number of nitrogens with zero attached hydrogens (tertiary/aromatic N) is 1. The minimum atomic E-state index is -0.835. The van der Waals surface area contributed by atoms with Crippen molar-refractivity contribution in [3.05, 3.63) is 83.9 Å². The van der Waals surface area contributed by atoms with Crippen molar-refractivity contribution in [1.29, 1.82) is 0 Å². The number of piperidine rings is 1. The van der Waals surface area contributed by atoms with E-state index >= 15 is 0 Å². The van der Waals surface area contributed by atoms with Crippen LogP contribution in [0.2, 0.25) is 0 Å². The van der Waals surface area contributed by atoms with E-state index in [1.165, 1.54) is 48.5 Å². The molecule has 0 bridgehead atoms. The molecular formula is C24H25F2N3O3. The van der Waals surface area contributed by atoms with Gasteiger partial charge in [0, 0.05) is 25.2 Å². The van der Waals surface area contributed by atoms with Gasteiger partial charge in [-0.05, 0) is 55.2 Å². The SMILES string of the molecule is C=CCNC(=O)[C@@H](NC(=O)c1ccc(F)cc1)C1CCN(C(=O)c2ccccc2F)CC1. The van der Waals surface area contributed by atoms with Gasteiger partial charge in [-0.25, -0.2) is 8.78 Å². The third kappa shape index (κ3) is 5.57. The number of likely N-dealkylation sites (tertiary alicyclic amines) is 1. The zero-order chi connectivity index (χ0) is 23.1. The molecule has 0 spiro atoms. The molecule has 3 amide bonds. The molecule has 6 nitrogen and oxygen atoms in total. The third-order valence-corrected chi connectivity index (χ3v) is 5.50. The molecule has 1 atom stereocenters. The lowest BCUT2D eigenvalue weighted by atomic mass is 9.88. The number of nitrogens with one attached hydrogen (secondary N) is 2. The Labute approximate surface area is 185 Å². The lowest BCUT2D eigenvalue weighted by Crippen LogP contribution is -2.53. The summed E-state index contributed by atoms with van der Waals surface area (Å²) in [7, 11) is 0. The average molecular weight is 441 g/mol. The van der Waals surface area contributed by atoms with E-state index in [1.54, 1.807) is 11.0 Å². The number of carbonyl (C=O) groups excluding carboxylic acids is 3. The second-order valence-corrected chi connectivity index (χ2v) is 7.60. The molecule has 2 aromatic rings. The summed E-state index contributed by atoms with van der Waals surface area (Å²) >= 11 is 0. The maximum atomic E-state index is 14.0. The molecule has 0 unspecified atom stereocenters. The molecule has 8 heteroatoms. The van der Waals surface area contributed by atoms with Crippen LogP contribution in [0.3, 0.4) is 0 Å². The predicted molar refractivity (Wildman–Crippen MR) is 116 cm³/mol. The summed E-state index contributed by atoms with van der Waals surface area (Å²) in [5, 5.41) is 5.45. The lowest BCUT2D eigenvalue weighted by molar-refractivity contribution is -0.124.